The number of ether oxygens (including phenoxy) is 1. The van der Waals surface area contributed by atoms with Crippen molar-refractivity contribution in [1.29, 1.82) is 0 Å². The van der Waals surface area contributed by atoms with Crippen LogP contribution in [0.1, 0.15) is 44.4 Å². The zero-order chi connectivity index (χ0) is 24.3. The summed E-state index contributed by atoms with van der Waals surface area (Å²) in [6.45, 7) is 3.90. The lowest BCUT2D eigenvalue weighted by Crippen LogP contribution is -2.31. The molecule has 2 aromatic heterocycles. The van der Waals surface area contributed by atoms with Gasteiger partial charge in [0.2, 0.25) is 5.92 Å². The Balaban J connectivity index is 1.74. The van der Waals surface area contributed by atoms with E-state index in [0.717, 1.165) is 13.3 Å². The van der Waals surface area contributed by atoms with Crippen molar-refractivity contribution in [3.05, 3.63) is 23.4 Å². The topological polar surface area (TPSA) is 119 Å². The number of aryl methyl sites for hydroxylation is 2. The smallest absolute Gasteiger partial charge is 0.413 e. The molecule has 3 atom stereocenters. The van der Waals surface area contributed by atoms with Gasteiger partial charge in [-0.3, -0.25) is 10.1 Å². The van der Waals surface area contributed by atoms with Crippen LogP contribution in [-0.2, 0) is 16.6 Å². The van der Waals surface area contributed by atoms with Crippen LogP contribution in [0.5, 0.6) is 0 Å². The van der Waals surface area contributed by atoms with Crippen LogP contribution in [0.15, 0.2) is 12.1 Å². The van der Waals surface area contributed by atoms with E-state index in [9.17, 15) is 18.4 Å². The maximum absolute atomic E-state index is 13.1. The van der Waals surface area contributed by atoms with Gasteiger partial charge in [0.1, 0.15) is 6.10 Å². The molecule has 0 bridgehead atoms. The number of carboxylic acids is 1. The van der Waals surface area contributed by atoms with Gasteiger partial charge >= 0.3 is 12.1 Å². The number of pyridine rings is 1. The van der Waals surface area contributed by atoms with E-state index in [2.05, 4.69) is 32.5 Å². The van der Waals surface area contributed by atoms with Crippen molar-refractivity contribution in [3.8, 4) is 23.2 Å². The maximum atomic E-state index is 13.1. The van der Waals surface area contributed by atoms with Gasteiger partial charge in [0.15, 0.2) is 11.5 Å². The highest BCUT2D eigenvalue weighted by molar-refractivity contribution is 5.88. The molecule has 0 aliphatic heterocycles. The van der Waals surface area contributed by atoms with Gasteiger partial charge in [-0.15, -0.1) is 5.10 Å². The highest BCUT2D eigenvalue weighted by Gasteiger charge is 2.35. The number of nitrogens with one attached hydrogen (secondary N) is 1. The number of aromatic nitrogens is 4. The minimum absolute atomic E-state index is 0.168. The molecule has 2 aromatic rings. The molecule has 2 N–H and O–H groups in total. The van der Waals surface area contributed by atoms with Crippen molar-refractivity contribution in [2.45, 2.75) is 52.1 Å². The number of carboxylic acid groups (broad SMARTS) is 1. The number of amides is 1. The van der Waals surface area contributed by atoms with Crippen molar-refractivity contribution in [3.63, 3.8) is 0 Å². The predicted molar refractivity (Wildman–Crippen MR) is 115 cm³/mol. The van der Waals surface area contributed by atoms with Crippen LogP contribution < -0.4 is 5.32 Å². The molecule has 0 aromatic carbocycles. The highest BCUT2D eigenvalue weighted by Crippen LogP contribution is 2.34. The molecule has 9 nitrogen and oxygen atoms in total. The van der Waals surface area contributed by atoms with Gasteiger partial charge in [0, 0.05) is 24.9 Å². The van der Waals surface area contributed by atoms with Crippen LogP contribution in [0.2, 0.25) is 0 Å². The van der Waals surface area contributed by atoms with Crippen molar-refractivity contribution < 1.29 is 28.2 Å². The third-order valence-electron chi connectivity index (χ3n) is 5.31. The van der Waals surface area contributed by atoms with Crippen LogP contribution in [0.4, 0.5) is 19.4 Å². The fourth-order valence-corrected chi connectivity index (χ4v) is 3.49. The second-order valence-corrected chi connectivity index (χ2v) is 8.25. The van der Waals surface area contributed by atoms with Crippen molar-refractivity contribution in [2.75, 3.05) is 5.32 Å². The SMILES string of the molecule is Cc1nc(-c2nnn(C)c2NC(=O)O[C@H](C)CC(C)(F)F)ccc1C#C[C@@H]1CC[C@H]1C(=O)O. The first-order chi connectivity index (χ1) is 15.4. The monoisotopic (exact) mass is 461 g/mol. The molecule has 3 rings (SSSR count). The molecule has 0 unspecified atom stereocenters. The predicted octanol–water partition coefficient (Wildman–Crippen LogP) is 3.63. The summed E-state index contributed by atoms with van der Waals surface area (Å²) in [6, 6.07) is 3.40. The molecule has 1 amide bonds. The molecule has 1 fully saturated rings. The molecule has 2 heterocycles. The number of halogens is 2. The first-order valence-electron chi connectivity index (χ1n) is 10.4. The van der Waals surface area contributed by atoms with Gasteiger partial charge in [-0.2, -0.15) is 0 Å². The summed E-state index contributed by atoms with van der Waals surface area (Å²) in [5.41, 5.74) is 1.95. The normalized spacial score (nSPS) is 18.5. The lowest BCUT2D eigenvalue weighted by molar-refractivity contribution is -0.146. The lowest BCUT2D eigenvalue weighted by Gasteiger charge is -2.28. The molecular formula is C22H25F2N5O4. The van der Waals surface area contributed by atoms with Crippen LogP contribution >= 0.6 is 0 Å². The Morgan fingerprint density at radius 2 is 2.12 bits per heavy atom. The number of alkyl halides is 2. The zero-order valence-corrected chi connectivity index (χ0v) is 18.7. The fraction of sp³-hybridized carbons (Fsp3) is 0.500. The summed E-state index contributed by atoms with van der Waals surface area (Å²) in [4.78, 5) is 27.8. The van der Waals surface area contributed by atoms with E-state index in [1.165, 1.54) is 11.6 Å². The number of nitrogens with zero attached hydrogens (tertiary/aromatic N) is 4. The summed E-state index contributed by atoms with van der Waals surface area (Å²) in [5, 5.41) is 19.6. The quantitative estimate of drug-likeness (QED) is 0.631. The number of hydrogen-bond acceptors (Lipinski definition) is 6. The zero-order valence-electron chi connectivity index (χ0n) is 18.7. The standard InChI is InChI=1S/C22H25F2N5O4/c1-12(11-22(3,23)24)33-21(32)26-19-18(27-28-29(19)4)17-10-8-14(13(2)25-17)5-6-15-7-9-16(15)20(30)31/h8,10,12,15-16H,7,9,11H2,1-4H3,(H,26,32)(H,30,31)/t12-,15-,16-/m1/s1. The molecule has 0 saturated heterocycles. The number of rotatable bonds is 6. The molecule has 0 radical (unpaired) electrons. The van der Waals surface area contributed by atoms with Gasteiger partial charge in [-0.05, 0) is 45.7 Å². The van der Waals surface area contributed by atoms with Crippen molar-refractivity contribution in [2.24, 2.45) is 18.9 Å². The number of aliphatic carboxylic acids is 1. The van der Waals surface area contributed by atoms with Gasteiger partial charge in [0.05, 0.1) is 17.3 Å². The van der Waals surface area contributed by atoms with Gasteiger partial charge in [0.25, 0.3) is 0 Å². The maximum Gasteiger partial charge on any atom is 0.413 e. The van der Waals surface area contributed by atoms with E-state index < -0.39 is 36.4 Å². The van der Waals surface area contributed by atoms with E-state index >= 15 is 0 Å². The van der Waals surface area contributed by atoms with E-state index in [1.807, 2.05) is 0 Å². The molecule has 1 saturated carbocycles. The molecule has 176 valence electrons. The first-order valence-corrected chi connectivity index (χ1v) is 10.4. The molecular weight excluding hydrogens is 436 g/mol. The van der Waals surface area contributed by atoms with E-state index in [0.29, 0.717) is 23.4 Å². The summed E-state index contributed by atoms with van der Waals surface area (Å²) in [7, 11) is 1.56. The Bertz CT molecular complexity index is 1120. The number of carbonyl (C=O) groups is 2. The molecule has 1 aliphatic carbocycles. The average Bonchev–Trinajstić information content (AvgIpc) is 3.00. The first kappa shape index (κ1) is 24.1. The summed E-state index contributed by atoms with van der Waals surface area (Å²) < 4.78 is 32.5. The molecule has 1 aliphatic rings. The lowest BCUT2D eigenvalue weighted by atomic mass is 9.74. The second kappa shape index (κ2) is 9.52. The second-order valence-electron chi connectivity index (χ2n) is 8.25. The average molecular weight is 461 g/mol. The largest absolute Gasteiger partial charge is 0.481 e. The minimum atomic E-state index is -2.96. The summed E-state index contributed by atoms with van der Waals surface area (Å²) in [6.07, 6.45) is -1.12. The highest BCUT2D eigenvalue weighted by atomic mass is 19.3. The van der Waals surface area contributed by atoms with Crippen LogP contribution in [0, 0.1) is 30.6 Å². The van der Waals surface area contributed by atoms with E-state index in [-0.39, 0.29) is 17.4 Å². The van der Waals surface area contributed by atoms with Crippen LogP contribution in [0.25, 0.3) is 11.4 Å². The van der Waals surface area contributed by atoms with Crippen LogP contribution in [0.3, 0.4) is 0 Å². The third-order valence-corrected chi connectivity index (χ3v) is 5.31. The van der Waals surface area contributed by atoms with Crippen LogP contribution in [-0.4, -0.2) is 49.2 Å². The Kier molecular flexibility index (Phi) is 6.95. The molecule has 11 heteroatoms. The number of carbonyl (C=O) groups excluding carboxylic acids is 1. The fourth-order valence-electron chi connectivity index (χ4n) is 3.49. The minimum Gasteiger partial charge on any atom is -0.481 e. The Labute approximate surface area is 189 Å². The Hall–Kier alpha value is -3.55. The van der Waals surface area contributed by atoms with E-state index in [4.69, 9.17) is 9.84 Å². The van der Waals surface area contributed by atoms with Gasteiger partial charge in [-0.25, -0.2) is 23.2 Å². The third kappa shape index (κ3) is 6.03. The van der Waals surface area contributed by atoms with Gasteiger partial charge in [-0.1, -0.05) is 17.1 Å². The van der Waals surface area contributed by atoms with Crippen molar-refractivity contribution in [1.82, 2.24) is 20.0 Å². The number of anilines is 1. The van der Waals surface area contributed by atoms with E-state index in [1.54, 1.807) is 26.1 Å². The summed E-state index contributed by atoms with van der Waals surface area (Å²) in [5.74, 6) is 1.83. The Morgan fingerprint density at radius 1 is 1.39 bits per heavy atom. The summed E-state index contributed by atoms with van der Waals surface area (Å²) >= 11 is 0. The molecule has 33 heavy (non-hydrogen) atoms. The van der Waals surface area contributed by atoms with Gasteiger partial charge < -0.3 is 9.84 Å². The number of hydrogen-bond donors (Lipinski definition) is 2. The molecule has 0 spiro atoms. The van der Waals surface area contributed by atoms with Crippen molar-refractivity contribution >= 4 is 17.9 Å². The Morgan fingerprint density at radius 3 is 2.70 bits per heavy atom.